The number of nitrogens with one attached hydrogen (secondary N) is 1. The van der Waals surface area contributed by atoms with Crippen molar-refractivity contribution in [1.29, 1.82) is 0 Å². The number of nitrogens with zero attached hydrogens (tertiary/aromatic N) is 2. The Labute approximate surface area is 109 Å². The van der Waals surface area contributed by atoms with Crippen LogP contribution in [0.1, 0.15) is 39.4 Å². The van der Waals surface area contributed by atoms with E-state index in [-0.39, 0.29) is 5.92 Å². The zero-order valence-electron chi connectivity index (χ0n) is 11.7. The van der Waals surface area contributed by atoms with Gasteiger partial charge in [0.15, 0.2) is 0 Å². The van der Waals surface area contributed by atoms with Crippen molar-refractivity contribution in [1.82, 2.24) is 9.97 Å². The van der Waals surface area contributed by atoms with Crippen molar-refractivity contribution >= 4 is 11.6 Å². The molecular formula is C13H24N4O. The van der Waals surface area contributed by atoms with Crippen LogP contribution >= 0.6 is 0 Å². The third-order valence-corrected chi connectivity index (χ3v) is 2.28. The number of hydrogen-bond donors (Lipinski definition) is 2. The van der Waals surface area contributed by atoms with Crippen LogP contribution in [-0.4, -0.2) is 29.7 Å². The summed E-state index contributed by atoms with van der Waals surface area (Å²) in [6.45, 7) is 10.5. The van der Waals surface area contributed by atoms with Gasteiger partial charge in [-0.05, 0) is 5.92 Å². The SMILES string of the molecule is CC(C)COCCNc1cc(N)nc(C(C)C)n1. The highest BCUT2D eigenvalue weighted by atomic mass is 16.5. The third-order valence-electron chi connectivity index (χ3n) is 2.28. The van der Waals surface area contributed by atoms with E-state index in [1.807, 2.05) is 13.8 Å². The topological polar surface area (TPSA) is 73.1 Å². The summed E-state index contributed by atoms with van der Waals surface area (Å²) in [6, 6.07) is 1.74. The molecule has 0 spiro atoms. The van der Waals surface area contributed by atoms with Gasteiger partial charge in [-0.1, -0.05) is 27.7 Å². The van der Waals surface area contributed by atoms with E-state index in [0.29, 0.717) is 18.3 Å². The van der Waals surface area contributed by atoms with Gasteiger partial charge in [0.05, 0.1) is 6.61 Å². The second kappa shape index (κ2) is 7.16. The first kappa shape index (κ1) is 14.7. The van der Waals surface area contributed by atoms with Crippen LogP contribution in [0.4, 0.5) is 11.6 Å². The van der Waals surface area contributed by atoms with Gasteiger partial charge in [0, 0.05) is 25.1 Å². The highest BCUT2D eigenvalue weighted by Crippen LogP contribution is 2.14. The Balaban J connectivity index is 2.42. The molecule has 0 amide bonds. The van der Waals surface area contributed by atoms with Crippen molar-refractivity contribution in [2.24, 2.45) is 5.92 Å². The number of rotatable bonds is 7. The summed E-state index contributed by atoms with van der Waals surface area (Å²) in [5.74, 6) is 2.86. The summed E-state index contributed by atoms with van der Waals surface area (Å²) in [7, 11) is 0. The molecule has 18 heavy (non-hydrogen) atoms. The van der Waals surface area contributed by atoms with Crippen LogP contribution < -0.4 is 11.1 Å². The van der Waals surface area contributed by atoms with Gasteiger partial charge in [0.25, 0.3) is 0 Å². The highest BCUT2D eigenvalue weighted by Gasteiger charge is 2.06. The predicted octanol–water partition coefficient (Wildman–Crippen LogP) is 2.27. The summed E-state index contributed by atoms with van der Waals surface area (Å²) < 4.78 is 5.49. The Hall–Kier alpha value is -1.36. The van der Waals surface area contributed by atoms with E-state index < -0.39 is 0 Å². The molecule has 0 aromatic carbocycles. The van der Waals surface area contributed by atoms with Crippen molar-refractivity contribution in [3.05, 3.63) is 11.9 Å². The molecule has 3 N–H and O–H groups in total. The monoisotopic (exact) mass is 252 g/mol. The van der Waals surface area contributed by atoms with Crippen LogP contribution in [0.2, 0.25) is 0 Å². The lowest BCUT2D eigenvalue weighted by Crippen LogP contribution is -2.14. The Kier molecular flexibility index (Phi) is 5.85. The van der Waals surface area contributed by atoms with Crippen molar-refractivity contribution in [3.8, 4) is 0 Å². The first-order valence-corrected chi connectivity index (χ1v) is 6.45. The Morgan fingerprint density at radius 2 is 2.00 bits per heavy atom. The third kappa shape index (κ3) is 5.31. The average molecular weight is 252 g/mol. The second-order valence-corrected chi connectivity index (χ2v) is 5.09. The lowest BCUT2D eigenvalue weighted by Gasteiger charge is -2.11. The summed E-state index contributed by atoms with van der Waals surface area (Å²) in [5.41, 5.74) is 5.74. The fraction of sp³-hybridized carbons (Fsp3) is 0.692. The smallest absolute Gasteiger partial charge is 0.135 e. The number of ether oxygens (including phenoxy) is 1. The molecule has 1 rings (SSSR count). The average Bonchev–Trinajstić information content (AvgIpc) is 2.27. The molecule has 0 saturated heterocycles. The van der Waals surface area contributed by atoms with Gasteiger partial charge < -0.3 is 15.8 Å². The maximum absolute atomic E-state index is 5.74. The lowest BCUT2D eigenvalue weighted by atomic mass is 10.2. The second-order valence-electron chi connectivity index (χ2n) is 5.09. The van der Waals surface area contributed by atoms with Gasteiger partial charge in [-0.3, -0.25) is 0 Å². The van der Waals surface area contributed by atoms with Crippen LogP contribution in [0.15, 0.2) is 6.07 Å². The Bertz CT molecular complexity index is 366. The molecule has 5 nitrogen and oxygen atoms in total. The number of hydrogen-bond acceptors (Lipinski definition) is 5. The van der Waals surface area contributed by atoms with E-state index in [1.165, 1.54) is 0 Å². The largest absolute Gasteiger partial charge is 0.384 e. The predicted molar refractivity (Wildman–Crippen MR) is 74.7 cm³/mol. The minimum Gasteiger partial charge on any atom is -0.384 e. The van der Waals surface area contributed by atoms with Crippen LogP contribution in [-0.2, 0) is 4.74 Å². The van der Waals surface area contributed by atoms with Crippen LogP contribution in [0.3, 0.4) is 0 Å². The van der Waals surface area contributed by atoms with E-state index in [0.717, 1.165) is 24.8 Å². The standard InChI is InChI=1S/C13H24N4O/c1-9(2)8-18-6-5-15-12-7-11(14)16-13(17-12)10(3)4/h7,9-10H,5-6,8H2,1-4H3,(H3,14,15,16,17). The minimum atomic E-state index is 0.270. The number of aromatic nitrogens is 2. The van der Waals surface area contributed by atoms with Crippen molar-refractivity contribution < 1.29 is 4.74 Å². The zero-order valence-corrected chi connectivity index (χ0v) is 11.7. The molecule has 1 aromatic rings. The van der Waals surface area contributed by atoms with Gasteiger partial charge >= 0.3 is 0 Å². The summed E-state index contributed by atoms with van der Waals surface area (Å²) in [4.78, 5) is 8.60. The van der Waals surface area contributed by atoms with E-state index >= 15 is 0 Å². The van der Waals surface area contributed by atoms with Crippen LogP contribution in [0.5, 0.6) is 0 Å². The molecule has 0 saturated carbocycles. The van der Waals surface area contributed by atoms with E-state index in [1.54, 1.807) is 6.07 Å². The fourth-order valence-corrected chi connectivity index (χ4v) is 1.40. The number of nitrogen functional groups attached to an aromatic ring is 1. The van der Waals surface area contributed by atoms with Crippen LogP contribution in [0, 0.1) is 5.92 Å². The number of nitrogens with two attached hydrogens (primary N) is 1. The van der Waals surface area contributed by atoms with Gasteiger partial charge in [-0.2, -0.15) is 0 Å². The van der Waals surface area contributed by atoms with Crippen molar-refractivity contribution in [3.63, 3.8) is 0 Å². The molecule has 0 bridgehead atoms. The molecule has 0 aliphatic rings. The molecule has 1 heterocycles. The number of anilines is 2. The molecule has 0 unspecified atom stereocenters. The van der Waals surface area contributed by atoms with E-state index in [2.05, 4.69) is 29.1 Å². The fourth-order valence-electron chi connectivity index (χ4n) is 1.40. The highest BCUT2D eigenvalue weighted by molar-refractivity contribution is 5.44. The molecule has 0 radical (unpaired) electrons. The van der Waals surface area contributed by atoms with E-state index in [9.17, 15) is 0 Å². The summed E-state index contributed by atoms with van der Waals surface area (Å²) >= 11 is 0. The molecule has 5 heteroatoms. The Morgan fingerprint density at radius 1 is 1.28 bits per heavy atom. The van der Waals surface area contributed by atoms with Crippen LogP contribution in [0.25, 0.3) is 0 Å². The molecule has 0 atom stereocenters. The normalized spacial score (nSPS) is 11.2. The molecule has 0 fully saturated rings. The molecular weight excluding hydrogens is 228 g/mol. The first-order chi connectivity index (χ1) is 8.49. The molecule has 102 valence electrons. The van der Waals surface area contributed by atoms with Gasteiger partial charge in [-0.25, -0.2) is 9.97 Å². The molecule has 0 aliphatic heterocycles. The van der Waals surface area contributed by atoms with Crippen molar-refractivity contribution in [2.75, 3.05) is 30.8 Å². The summed E-state index contributed by atoms with van der Waals surface area (Å²) in [6.07, 6.45) is 0. The minimum absolute atomic E-state index is 0.270. The Morgan fingerprint density at radius 3 is 2.61 bits per heavy atom. The molecule has 1 aromatic heterocycles. The molecule has 0 aliphatic carbocycles. The first-order valence-electron chi connectivity index (χ1n) is 6.45. The lowest BCUT2D eigenvalue weighted by molar-refractivity contribution is 0.118. The zero-order chi connectivity index (χ0) is 13.5. The maximum Gasteiger partial charge on any atom is 0.135 e. The summed E-state index contributed by atoms with van der Waals surface area (Å²) in [5, 5.41) is 3.20. The quantitative estimate of drug-likeness (QED) is 0.728. The van der Waals surface area contributed by atoms with Crippen molar-refractivity contribution in [2.45, 2.75) is 33.6 Å². The van der Waals surface area contributed by atoms with E-state index in [4.69, 9.17) is 10.5 Å². The van der Waals surface area contributed by atoms with Gasteiger partial charge in [-0.15, -0.1) is 0 Å². The van der Waals surface area contributed by atoms with Gasteiger partial charge in [0.2, 0.25) is 0 Å². The van der Waals surface area contributed by atoms with Gasteiger partial charge in [0.1, 0.15) is 17.5 Å². The maximum atomic E-state index is 5.74.